The Labute approximate surface area is 133 Å². The molecule has 0 spiro atoms. The Kier molecular flexibility index (Phi) is 5.97. The van der Waals surface area contributed by atoms with Crippen LogP contribution in [0.25, 0.3) is 0 Å². The first-order chi connectivity index (χ1) is 10.1. The number of nitrogens with two attached hydrogens (primary N) is 1. The maximum atomic E-state index is 6.09. The molecule has 0 bridgehead atoms. The highest BCUT2D eigenvalue weighted by atomic mass is 32.2. The van der Waals surface area contributed by atoms with Gasteiger partial charge >= 0.3 is 0 Å². The van der Waals surface area contributed by atoms with Crippen LogP contribution in [0.2, 0.25) is 0 Å². The molecule has 1 aliphatic heterocycles. The zero-order valence-electron chi connectivity index (χ0n) is 13.8. The molecule has 2 unspecified atom stereocenters. The molecule has 4 heteroatoms. The third kappa shape index (κ3) is 3.74. The summed E-state index contributed by atoms with van der Waals surface area (Å²) in [6.07, 6.45) is 4.54. The predicted molar refractivity (Wildman–Crippen MR) is 95.4 cm³/mol. The highest BCUT2D eigenvalue weighted by Gasteiger charge is 2.23. The van der Waals surface area contributed by atoms with E-state index in [0.717, 1.165) is 13.0 Å². The van der Waals surface area contributed by atoms with Gasteiger partial charge < -0.3 is 10.6 Å². The molecular weight excluding hydrogens is 278 g/mol. The molecule has 2 atom stereocenters. The summed E-state index contributed by atoms with van der Waals surface area (Å²) >= 11 is 1.92. The number of benzene rings is 1. The lowest BCUT2D eigenvalue weighted by Gasteiger charge is -2.33. The van der Waals surface area contributed by atoms with E-state index < -0.39 is 0 Å². The van der Waals surface area contributed by atoms with Gasteiger partial charge in [-0.2, -0.15) is 11.8 Å². The molecule has 1 aliphatic rings. The molecule has 1 aromatic rings. The molecule has 0 radical (unpaired) electrons. The molecule has 0 amide bonds. The quantitative estimate of drug-likeness (QED) is 0.839. The van der Waals surface area contributed by atoms with Gasteiger partial charge in [0.25, 0.3) is 0 Å². The Hall–Kier alpha value is -0.710. The summed E-state index contributed by atoms with van der Waals surface area (Å²) in [5, 5.41) is 0. The summed E-state index contributed by atoms with van der Waals surface area (Å²) in [4.78, 5) is 4.78. The number of hydrogen-bond donors (Lipinski definition) is 1. The maximum Gasteiger partial charge on any atom is 0.0470 e. The topological polar surface area (TPSA) is 32.5 Å². The Morgan fingerprint density at radius 2 is 2.19 bits per heavy atom. The van der Waals surface area contributed by atoms with E-state index in [1.807, 2.05) is 11.8 Å². The second kappa shape index (κ2) is 7.52. The monoisotopic (exact) mass is 307 g/mol. The fourth-order valence-corrected chi connectivity index (χ4v) is 3.71. The van der Waals surface area contributed by atoms with Crippen LogP contribution in [0.4, 0.5) is 5.69 Å². The van der Waals surface area contributed by atoms with Gasteiger partial charge in [-0.05, 0) is 56.0 Å². The van der Waals surface area contributed by atoms with E-state index in [1.165, 1.54) is 29.0 Å². The van der Waals surface area contributed by atoms with Crippen LogP contribution in [0.1, 0.15) is 30.5 Å². The summed E-state index contributed by atoms with van der Waals surface area (Å²) in [5.74, 6) is 1.21. The molecule has 0 saturated carbocycles. The number of rotatable bonds is 7. The number of hydrogen-bond acceptors (Lipinski definition) is 4. The van der Waals surface area contributed by atoms with Gasteiger partial charge in [-0.15, -0.1) is 0 Å². The van der Waals surface area contributed by atoms with Crippen molar-refractivity contribution in [3.63, 3.8) is 0 Å². The molecule has 0 fully saturated rings. The Bertz CT molecular complexity index is 463. The van der Waals surface area contributed by atoms with Gasteiger partial charge in [0, 0.05) is 37.9 Å². The minimum Gasteiger partial charge on any atom is -0.374 e. The molecule has 2 N–H and O–H groups in total. The number of thioether (sulfide) groups is 1. The van der Waals surface area contributed by atoms with Gasteiger partial charge in [-0.25, -0.2) is 0 Å². The van der Waals surface area contributed by atoms with E-state index in [-0.39, 0.29) is 0 Å². The summed E-state index contributed by atoms with van der Waals surface area (Å²) < 4.78 is 0. The van der Waals surface area contributed by atoms with E-state index >= 15 is 0 Å². The van der Waals surface area contributed by atoms with Gasteiger partial charge in [0.2, 0.25) is 0 Å². The Morgan fingerprint density at radius 3 is 2.86 bits per heavy atom. The number of anilines is 1. The Balaban J connectivity index is 2.14. The van der Waals surface area contributed by atoms with Gasteiger partial charge in [0.15, 0.2) is 0 Å². The first kappa shape index (κ1) is 16.7. The second-order valence-electron chi connectivity index (χ2n) is 6.11. The van der Waals surface area contributed by atoms with Crippen LogP contribution in [0.5, 0.6) is 0 Å². The molecule has 0 aliphatic carbocycles. The van der Waals surface area contributed by atoms with Crippen molar-refractivity contribution >= 4 is 17.4 Å². The van der Waals surface area contributed by atoms with Crippen LogP contribution in [0.15, 0.2) is 18.2 Å². The van der Waals surface area contributed by atoms with E-state index in [4.69, 9.17) is 5.73 Å². The highest BCUT2D eigenvalue weighted by Crippen LogP contribution is 2.31. The molecule has 1 aromatic carbocycles. The summed E-state index contributed by atoms with van der Waals surface area (Å²) in [5.41, 5.74) is 10.3. The minimum absolute atomic E-state index is 0.318. The zero-order valence-corrected chi connectivity index (χ0v) is 14.6. The lowest BCUT2D eigenvalue weighted by molar-refractivity contribution is 0.185. The minimum atomic E-state index is 0.318. The van der Waals surface area contributed by atoms with Gasteiger partial charge in [-0.1, -0.05) is 12.1 Å². The molecule has 0 aromatic heterocycles. The van der Waals surface area contributed by atoms with Crippen LogP contribution >= 0.6 is 11.8 Å². The zero-order chi connectivity index (χ0) is 15.4. The SMILES string of the molecule is CSCCC(C)N(C)C(CN)c1ccc2c(c1)CCN2C. The normalized spacial score (nSPS) is 17.1. The summed E-state index contributed by atoms with van der Waals surface area (Å²) in [6, 6.07) is 7.77. The lowest BCUT2D eigenvalue weighted by atomic mass is 10.00. The van der Waals surface area contributed by atoms with E-state index in [9.17, 15) is 0 Å². The van der Waals surface area contributed by atoms with E-state index in [1.54, 1.807) is 0 Å². The maximum absolute atomic E-state index is 6.09. The standard InChI is InChI=1S/C17H29N3S/c1-13(8-10-21-4)20(3)17(12-18)14-5-6-16-15(11-14)7-9-19(16)2/h5-6,11,13,17H,7-10,12,18H2,1-4H3. The van der Waals surface area contributed by atoms with Crippen LogP contribution in [0.3, 0.4) is 0 Å². The van der Waals surface area contributed by atoms with Crippen LogP contribution in [-0.4, -0.2) is 50.1 Å². The number of nitrogens with zero attached hydrogens (tertiary/aromatic N) is 2. The molecule has 2 rings (SSSR count). The number of likely N-dealkylation sites (N-methyl/N-ethyl adjacent to an activating group) is 2. The van der Waals surface area contributed by atoms with E-state index in [2.05, 4.69) is 55.3 Å². The third-order valence-electron chi connectivity index (χ3n) is 4.77. The smallest absolute Gasteiger partial charge is 0.0470 e. The molecule has 118 valence electrons. The molecule has 0 saturated heterocycles. The molecular formula is C17H29N3S. The van der Waals surface area contributed by atoms with Crippen molar-refractivity contribution in [1.82, 2.24) is 4.90 Å². The van der Waals surface area contributed by atoms with Gasteiger partial charge in [0.05, 0.1) is 0 Å². The lowest BCUT2D eigenvalue weighted by Crippen LogP contribution is -2.37. The van der Waals surface area contributed by atoms with Crippen molar-refractivity contribution in [2.45, 2.75) is 31.8 Å². The third-order valence-corrected chi connectivity index (χ3v) is 5.41. The average Bonchev–Trinajstić information content (AvgIpc) is 2.86. The van der Waals surface area contributed by atoms with Crippen molar-refractivity contribution in [2.24, 2.45) is 5.73 Å². The largest absolute Gasteiger partial charge is 0.374 e. The van der Waals surface area contributed by atoms with Crippen molar-refractivity contribution in [3.05, 3.63) is 29.3 Å². The summed E-state index contributed by atoms with van der Waals surface area (Å²) in [6.45, 7) is 4.11. The van der Waals surface area contributed by atoms with Crippen molar-refractivity contribution in [2.75, 3.05) is 44.1 Å². The first-order valence-corrected chi connectivity index (χ1v) is 9.22. The van der Waals surface area contributed by atoms with Crippen LogP contribution in [-0.2, 0) is 6.42 Å². The van der Waals surface area contributed by atoms with Gasteiger partial charge in [0.1, 0.15) is 0 Å². The van der Waals surface area contributed by atoms with E-state index in [0.29, 0.717) is 18.6 Å². The average molecular weight is 308 g/mol. The van der Waals surface area contributed by atoms with Crippen molar-refractivity contribution in [3.8, 4) is 0 Å². The van der Waals surface area contributed by atoms with Crippen LogP contribution in [0, 0.1) is 0 Å². The molecule has 1 heterocycles. The van der Waals surface area contributed by atoms with Crippen LogP contribution < -0.4 is 10.6 Å². The highest BCUT2D eigenvalue weighted by molar-refractivity contribution is 7.98. The Morgan fingerprint density at radius 1 is 1.43 bits per heavy atom. The summed E-state index contributed by atoms with van der Waals surface area (Å²) in [7, 11) is 4.38. The van der Waals surface area contributed by atoms with Crippen molar-refractivity contribution in [1.29, 1.82) is 0 Å². The predicted octanol–water partition coefficient (Wildman–Crippen LogP) is 2.75. The fourth-order valence-electron chi connectivity index (χ4n) is 3.13. The first-order valence-electron chi connectivity index (χ1n) is 7.83. The molecule has 21 heavy (non-hydrogen) atoms. The van der Waals surface area contributed by atoms with Gasteiger partial charge in [-0.3, -0.25) is 4.90 Å². The van der Waals surface area contributed by atoms with Crippen molar-refractivity contribution < 1.29 is 0 Å². The number of fused-ring (bicyclic) bond motifs is 1. The second-order valence-corrected chi connectivity index (χ2v) is 7.09. The fraction of sp³-hybridized carbons (Fsp3) is 0.647. The molecule has 3 nitrogen and oxygen atoms in total.